The molecule has 0 spiro atoms. The van der Waals surface area contributed by atoms with Crippen molar-refractivity contribution in [1.82, 2.24) is 14.5 Å². The number of fused-ring (bicyclic) bond motifs is 1. The maximum atomic E-state index is 14.5. The van der Waals surface area contributed by atoms with Crippen LogP contribution in [0.1, 0.15) is 12.6 Å². The molecule has 1 aliphatic rings. The number of carbonyl (C=O) groups is 1. The molecule has 2 aromatic rings. The minimum atomic E-state index is -0.398. The number of anilines is 1. The zero-order chi connectivity index (χ0) is 20.3. The summed E-state index contributed by atoms with van der Waals surface area (Å²) in [7, 11) is 0. The van der Waals surface area contributed by atoms with Crippen LogP contribution in [0.15, 0.2) is 61.6 Å². The fourth-order valence-corrected chi connectivity index (χ4v) is 3.67. The quantitative estimate of drug-likeness (QED) is 0.556. The van der Waals surface area contributed by atoms with Crippen molar-refractivity contribution in [2.24, 2.45) is 0 Å². The minimum Gasteiger partial charge on any atom is -0.366 e. The Morgan fingerprint density at radius 2 is 2.00 bits per heavy atom. The number of hydrogen-bond donors (Lipinski definition) is 0. The maximum Gasteiger partial charge on any atom is 0.246 e. The lowest BCUT2D eigenvalue weighted by atomic mass is 10.1. The van der Waals surface area contributed by atoms with Crippen LogP contribution in [0, 0.1) is 0 Å². The number of hydrogen-bond acceptors (Lipinski definition) is 3. The highest BCUT2D eigenvalue weighted by Crippen LogP contribution is 2.35. The molecule has 1 fully saturated rings. The maximum absolute atomic E-state index is 14.5. The van der Waals surface area contributed by atoms with Gasteiger partial charge in [-0.1, -0.05) is 43.0 Å². The van der Waals surface area contributed by atoms with Gasteiger partial charge in [0.2, 0.25) is 5.91 Å². The summed E-state index contributed by atoms with van der Waals surface area (Å²) in [6.07, 6.45) is 7.49. The van der Waals surface area contributed by atoms with E-state index in [1.54, 1.807) is 34.7 Å². The summed E-state index contributed by atoms with van der Waals surface area (Å²) >= 11 is 6.48. The third-order valence-corrected chi connectivity index (χ3v) is 5.05. The van der Waals surface area contributed by atoms with Crippen LogP contribution in [0.25, 0.3) is 11.1 Å². The predicted octanol–water partition coefficient (Wildman–Crippen LogP) is 4.27. The van der Waals surface area contributed by atoms with E-state index in [0.29, 0.717) is 42.5 Å². The van der Waals surface area contributed by atoms with Crippen LogP contribution in [-0.2, 0) is 4.79 Å². The van der Waals surface area contributed by atoms with Crippen LogP contribution in [0.4, 0.5) is 10.1 Å². The Kier molecular flexibility index (Phi) is 5.99. The van der Waals surface area contributed by atoms with Crippen molar-refractivity contribution in [2.45, 2.75) is 6.92 Å². The molecule has 0 aliphatic carbocycles. The molecule has 28 heavy (non-hydrogen) atoms. The van der Waals surface area contributed by atoms with Crippen LogP contribution >= 0.6 is 11.6 Å². The summed E-state index contributed by atoms with van der Waals surface area (Å²) in [5.74, 6) is -0.459. The normalized spacial score (nSPS) is 15.8. The van der Waals surface area contributed by atoms with E-state index in [0.717, 1.165) is 11.2 Å². The number of carbonyl (C=O) groups excluding carboxylic acids is 1. The standard InChI is InChI=1S/C21H22ClFN4O/c1-4-7-15(17(23)5-2)21-16(22)14-19-18(8-9-24-27(19)21)25-10-12-26(13-11-25)20(28)6-3/h4-9,14H,1,3,10-13H2,2H3/b15-7+,17-5+. The second kappa shape index (κ2) is 8.44. The monoisotopic (exact) mass is 400 g/mol. The third-order valence-electron chi connectivity index (χ3n) is 4.76. The smallest absolute Gasteiger partial charge is 0.246 e. The Balaban J connectivity index is 2.02. The number of halogens is 2. The molecule has 146 valence electrons. The zero-order valence-electron chi connectivity index (χ0n) is 15.7. The van der Waals surface area contributed by atoms with Crippen molar-refractivity contribution in [3.8, 4) is 0 Å². The minimum absolute atomic E-state index is 0.0615. The van der Waals surface area contributed by atoms with Gasteiger partial charge in [0, 0.05) is 37.9 Å². The summed E-state index contributed by atoms with van der Waals surface area (Å²) in [5.41, 5.74) is 2.53. The van der Waals surface area contributed by atoms with Gasteiger partial charge in [-0.3, -0.25) is 4.79 Å². The summed E-state index contributed by atoms with van der Waals surface area (Å²) in [5, 5.41) is 4.80. The van der Waals surface area contributed by atoms with Crippen molar-refractivity contribution in [3.05, 3.63) is 72.3 Å². The Labute approximate surface area is 168 Å². The van der Waals surface area contributed by atoms with Crippen LogP contribution in [0.3, 0.4) is 0 Å². The lowest BCUT2D eigenvalue weighted by molar-refractivity contribution is -0.126. The highest BCUT2D eigenvalue weighted by atomic mass is 35.5. The third kappa shape index (κ3) is 3.60. The Hall–Kier alpha value is -2.86. The van der Waals surface area contributed by atoms with Crippen molar-refractivity contribution in [3.63, 3.8) is 0 Å². The van der Waals surface area contributed by atoms with E-state index in [-0.39, 0.29) is 5.91 Å². The van der Waals surface area contributed by atoms with Gasteiger partial charge >= 0.3 is 0 Å². The van der Waals surface area contributed by atoms with Gasteiger partial charge in [0.15, 0.2) is 0 Å². The predicted molar refractivity (Wildman–Crippen MR) is 112 cm³/mol. The molecule has 3 heterocycles. The molecule has 0 aromatic carbocycles. The largest absolute Gasteiger partial charge is 0.366 e. The van der Waals surface area contributed by atoms with Gasteiger partial charge in [0.1, 0.15) is 5.83 Å². The highest BCUT2D eigenvalue weighted by molar-refractivity contribution is 6.33. The van der Waals surface area contributed by atoms with Crippen molar-refractivity contribution >= 4 is 34.3 Å². The number of piperazine rings is 1. The fraction of sp³-hybridized carbons (Fsp3) is 0.238. The van der Waals surface area contributed by atoms with E-state index in [1.165, 1.54) is 18.2 Å². The molecule has 0 saturated carbocycles. The second-order valence-corrected chi connectivity index (χ2v) is 6.73. The molecule has 1 aliphatic heterocycles. The van der Waals surface area contributed by atoms with Crippen LogP contribution in [-0.4, -0.2) is 46.6 Å². The first-order chi connectivity index (χ1) is 13.5. The van der Waals surface area contributed by atoms with E-state index in [2.05, 4.69) is 23.2 Å². The molecule has 3 rings (SSSR count). The summed E-state index contributed by atoms with van der Waals surface area (Å²) in [6.45, 7) is 11.4. The Morgan fingerprint density at radius 3 is 2.61 bits per heavy atom. The Morgan fingerprint density at radius 1 is 1.29 bits per heavy atom. The van der Waals surface area contributed by atoms with Gasteiger partial charge in [0.05, 0.1) is 21.9 Å². The molecular weight excluding hydrogens is 379 g/mol. The van der Waals surface area contributed by atoms with Crippen LogP contribution in [0.5, 0.6) is 0 Å². The Bertz CT molecular complexity index is 984. The number of aromatic nitrogens is 2. The fourth-order valence-electron chi connectivity index (χ4n) is 3.38. The molecule has 7 heteroatoms. The van der Waals surface area contributed by atoms with E-state index < -0.39 is 5.83 Å². The van der Waals surface area contributed by atoms with Crippen molar-refractivity contribution in [2.75, 3.05) is 31.1 Å². The molecule has 0 unspecified atom stereocenters. The van der Waals surface area contributed by atoms with Gasteiger partial charge in [-0.15, -0.1) is 0 Å². The SMILES string of the molecule is C=C/C=C(\C(F)=C/C)c1c(Cl)cc2c(N3CCN(C(=O)C=C)CC3)ccnn12. The van der Waals surface area contributed by atoms with Gasteiger partial charge in [-0.25, -0.2) is 8.91 Å². The lowest BCUT2D eigenvalue weighted by Gasteiger charge is -2.35. The van der Waals surface area contributed by atoms with Gasteiger partial charge in [0.25, 0.3) is 0 Å². The summed E-state index contributed by atoms with van der Waals surface area (Å²) in [4.78, 5) is 15.7. The van der Waals surface area contributed by atoms with E-state index in [9.17, 15) is 9.18 Å². The molecule has 0 radical (unpaired) electrons. The molecule has 2 aromatic heterocycles. The van der Waals surface area contributed by atoms with Gasteiger partial charge in [-0.05, 0) is 25.1 Å². The van der Waals surface area contributed by atoms with E-state index >= 15 is 0 Å². The van der Waals surface area contributed by atoms with E-state index in [4.69, 9.17) is 11.6 Å². The van der Waals surface area contributed by atoms with Crippen LogP contribution < -0.4 is 4.90 Å². The summed E-state index contributed by atoms with van der Waals surface area (Å²) in [6, 6.07) is 3.70. The van der Waals surface area contributed by atoms with Crippen molar-refractivity contribution in [1.29, 1.82) is 0 Å². The zero-order valence-corrected chi connectivity index (χ0v) is 16.5. The average Bonchev–Trinajstić information content (AvgIpc) is 3.06. The summed E-state index contributed by atoms with van der Waals surface area (Å²) < 4.78 is 16.1. The van der Waals surface area contributed by atoms with Crippen molar-refractivity contribution < 1.29 is 9.18 Å². The first-order valence-electron chi connectivity index (χ1n) is 8.99. The van der Waals surface area contributed by atoms with Crippen LogP contribution in [0.2, 0.25) is 5.02 Å². The number of rotatable bonds is 5. The molecule has 0 atom stereocenters. The van der Waals surface area contributed by atoms with Gasteiger partial charge in [-0.2, -0.15) is 5.10 Å². The van der Waals surface area contributed by atoms with Gasteiger partial charge < -0.3 is 9.80 Å². The molecule has 1 saturated heterocycles. The molecule has 5 nitrogen and oxygen atoms in total. The molecular formula is C21H22ClFN4O. The highest BCUT2D eigenvalue weighted by Gasteiger charge is 2.24. The first-order valence-corrected chi connectivity index (χ1v) is 9.37. The second-order valence-electron chi connectivity index (χ2n) is 6.32. The number of nitrogens with zero attached hydrogens (tertiary/aromatic N) is 4. The number of allylic oxidation sites excluding steroid dienone is 5. The molecule has 1 amide bonds. The van der Waals surface area contributed by atoms with E-state index in [1.807, 2.05) is 6.07 Å². The number of amides is 1. The first kappa shape index (κ1) is 19.9. The topological polar surface area (TPSA) is 40.8 Å². The average molecular weight is 401 g/mol. The molecule has 0 bridgehead atoms. The molecule has 0 N–H and O–H groups in total. The lowest BCUT2D eigenvalue weighted by Crippen LogP contribution is -2.48.